The van der Waals surface area contributed by atoms with Crippen LogP contribution in [0.5, 0.6) is 0 Å². The average molecular weight is 268 g/mol. The number of anilines is 2. The number of nitrogens with zero attached hydrogens (tertiary/aromatic N) is 5. The van der Waals surface area contributed by atoms with E-state index >= 15 is 0 Å². The van der Waals surface area contributed by atoms with Crippen LogP contribution in [-0.2, 0) is 0 Å². The molecular formula is C11H20N6O2. The lowest BCUT2D eigenvalue weighted by atomic mass is 10.2. The molecule has 1 unspecified atom stereocenters. The van der Waals surface area contributed by atoms with Gasteiger partial charge in [-0.25, -0.2) is 9.97 Å². The lowest BCUT2D eigenvalue weighted by Crippen LogP contribution is -2.41. The highest BCUT2D eigenvalue weighted by atomic mass is 16.6. The Labute approximate surface area is 112 Å². The Morgan fingerprint density at radius 2 is 2.11 bits per heavy atom. The lowest BCUT2D eigenvalue weighted by Gasteiger charge is -2.30. The van der Waals surface area contributed by atoms with Crippen LogP contribution < -0.4 is 10.6 Å². The summed E-state index contributed by atoms with van der Waals surface area (Å²) in [7, 11) is 3.90. The first-order valence-electron chi connectivity index (χ1n) is 6.04. The Balaban J connectivity index is 3.18. The predicted molar refractivity (Wildman–Crippen MR) is 74.1 cm³/mol. The van der Waals surface area contributed by atoms with Gasteiger partial charge in [-0.2, -0.15) is 0 Å². The summed E-state index contributed by atoms with van der Waals surface area (Å²) in [6.07, 6.45) is 1.25. The minimum atomic E-state index is -0.532. The average Bonchev–Trinajstić information content (AvgIpc) is 2.28. The number of likely N-dealkylation sites (N-methyl/N-ethyl adjacent to an activating group) is 2. The highest BCUT2D eigenvalue weighted by Crippen LogP contribution is 2.30. The maximum Gasteiger partial charge on any atom is 0.353 e. The summed E-state index contributed by atoms with van der Waals surface area (Å²) < 4.78 is 0. The third-order valence-corrected chi connectivity index (χ3v) is 2.79. The van der Waals surface area contributed by atoms with Crippen LogP contribution in [0.3, 0.4) is 0 Å². The standard InChI is InChI=1S/C11H20N6O2/c1-5-16(8(2)6-15(3)4)11-9(17(18)19)10(12)13-7-14-11/h7-8H,5-6H2,1-4H3,(H2,12,13,14). The molecular weight excluding hydrogens is 248 g/mol. The molecule has 8 nitrogen and oxygen atoms in total. The van der Waals surface area contributed by atoms with Crippen molar-refractivity contribution in [3.05, 3.63) is 16.4 Å². The monoisotopic (exact) mass is 268 g/mol. The van der Waals surface area contributed by atoms with E-state index in [0.717, 1.165) is 6.54 Å². The third-order valence-electron chi connectivity index (χ3n) is 2.79. The molecule has 106 valence electrons. The highest BCUT2D eigenvalue weighted by Gasteiger charge is 2.27. The van der Waals surface area contributed by atoms with Crippen LogP contribution >= 0.6 is 0 Å². The van der Waals surface area contributed by atoms with Crippen molar-refractivity contribution in [3.63, 3.8) is 0 Å². The zero-order chi connectivity index (χ0) is 14.6. The van der Waals surface area contributed by atoms with E-state index in [1.807, 2.05) is 37.7 Å². The third kappa shape index (κ3) is 3.50. The largest absolute Gasteiger partial charge is 0.378 e. The second kappa shape index (κ2) is 6.28. The molecule has 0 aromatic carbocycles. The zero-order valence-electron chi connectivity index (χ0n) is 11.7. The van der Waals surface area contributed by atoms with Crippen LogP contribution in [0.25, 0.3) is 0 Å². The molecule has 8 heteroatoms. The van der Waals surface area contributed by atoms with Crippen LogP contribution in [0.15, 0.2) is 6.33 Å². The highest BCUT2D eigenvalue weighted by molar-refractivity contribution is 5.68. The van der Waals surface area contributed by atoms with E-state index in [1.165, 1.54) is 6.33 Å². The van der Waals surface area contributed by atoms with Gasteiger partial charge < -0.3 is 15.5 Å². The molecule has 19 heavy (non-hydrogen) atoms. The Morgan fingerprint density at radius 3 is 2.58 bits per heavy atom. The van der Waals surface area contributed by atoms with E-state index in [9.17, 15) is 10.1 Å². The van der Waals surface area contributed by atoms with E-state index < -0.39 is 4.92 Å². The SMILES string of the molecule is CCN(c1ncnc(N)c1[N+](=O)[O-])C(C)CN(C)C. The summed E-state index contributed by atoms with van der Waals surface area (Å²) >= 11 is 0. The van der Waals surface area contributed by atoms with Crippen molar-refractivity contribution in [2.75, 3.05) is 37.8 Å². The first-order chi connectivity index (χ1) is 8.88. The molecule has 1 heterocycles. The van der Waals surface area contributed by atoms with Gasteiger partial charge in [-0.05, 0) is 27.9 Å². The van der Waals surface area contributed by atoms with Crippen molar-refractivity contribution in [1.82, 2.24) is 14.9 Å². The summed E-state index contributed by atoms with van der Waals surface area (Å²) in [6.45, 7) is 5.28. The van der Waals surface area contributed by atoms with Crippen molar-refractivity contribution in [2.24, 2.45) is 0 Å². The molecule has 0 aliphatic carbocycles. The Morgan fingerprint density at radius 1 is 1.47 bits per heavy atom. The van der Waals surface area contributed by atoms with Gasteiger partial charge in [0.25, 0.3) is 0 Å². The van der Waals surface area contributed by atoms with Crippen LogP contribution in [-0.4, -0.2) is 53.0 Å². The van der Waals surface area contributed by atoms with Crippen LogP contribution in [0.2, 0.25) is 0 Å². The van der Waals surface area contributed by atoms with Crippen molar-refractivity contribution in [2.45, 2.75) is 19.9 Å². The predicted octanol–water partition coefficient (Wildman–Crippen LogP) is 0.743. The first kappa shape index (κ1) is 15.1. The normalized spacial score (nSPS) is 12.5. The number of nitro groups is 1. The molecule has 0 bridgehead atoms. The summed E-state index contributed by atoms with van der Waals surface area (Å²) in [6, 6.07) is 0.0769. The fourth-order valence-electron chi connectivity index (χ4n) is 2.07. The molecule has 0 radical (unpaired) electrons. The molecule has 1 atom stereocenters. The van der Waals surface area contributed by atoms with Crippen LogP contribution in [0.1, 0.15) is 13.8 Å². The molecule has 1 rings (SSSR count). The number of hydrogen-bond donors (Lipinski definition) is 1. The second-order valence-corrected chi connectivity index (χ2v) is 4.59. The number of aromatic nitrogens is 2. The molecule has 0 spiro atoms. The van der Waals surface area contributed by atoms with E-state index in [4.69, 9.17) is 5.73 Å². The number of hydrogen-bond acceptors (Lipinski definition) is 7. The van der Waals surface area contributed by atoms with Gasteiger partial charge in [-0.1, -0.05) is 0 Å². The molecule has 0 saturated carbocycles. The van der Waals surface area contributed by atoms with Gasteiger partial charge in [0, 0.05) is 19.1 Å². The molecule has 1 aromatic heterocycles. The van der Waals surface area contributed by atoms with Gasteiger partial charge in [0.2, 0.25) is 11.6 Å². The fraction of sp³-hybridized carbons (Fsp3) is 0.636. The molecule has 0 saturated heterocycles. The Bertz CT molecular complexity index is 451. The Hall–Kier alpha value is -1.96. The quantitative estimate of drug-likeness (QED) is 0.599. The van der Waals surface area contributed by atoms with Crippen LogP contribution in [0, 0.1) is 10.1 Å². The van der Waals surface area contributed by atoms with E-state index in [2.05, 4.69) is 9.97 Å². The van der Waals surface area contributed by atoms with E-state index in [-0.39, 0.29) is 23.4 Å². The van der Waals surface area contributed by atoms with Gasteiger partial charge in [0.05, 0.1) is 4.92 Å². The van der Waals surface area contributed by atoms with E-state index in [0.29, 0.717) is 6.54 Å². The van der Waals surface area contributed by atoms with Gasteiger partial charge in [0.1, 0.15) is 6.33 Å². The van der Waals surface area contributed by atoms with Crippen molar-refractivity contribution in [1.29, 1.82) is 0 Å². The maximum atomic E-state index is 11.1. The minimum Gasteiger partial charge on any atom is -0.378 e. The molecule has 2 N–H and O–H groups in total. The molecule has 1 aromatic rings. The molecule has 0 fully saturated rings. The van der Waals surface area contributed by atoms with Crippen molar-refractivity contribution in [3.8, 4) is 0 Å². The number of nitrogen functional groups attached to an aromatic ring is 1. The zero-order valence-corrected chi connectivity index (χ0v) is 11.7. The van der Waals surface area contributed by atoms with Crippen molar-refractivity contribution >= 4 is 17.3 Å². The van der Waals surface area contributed by atoms with Gasteiger partial charge in [0.15, 0.2) is 0 Å². The van der Waals surface area contributed by atoms with Crippen LogP contribution in [0.4, 0.5) is 17.3 Å². The first-order valence-corrected chi connectivity index (χ1v) is 6.04. The van der Waals surface area contributed by atoms with Crippen molar-refractivity contribution < 1.29 is 4.92 Å². The number of nitrogens with two attached hydrogens (primary N) is 1. The van der Waals surface area contributed by atoms with Gasteiger partial charge in [-0.15, -0.1) is 0 Å². The molecule has 0 amide bonds. The topological polar surface area (TPSA) is 101 Å². The summed E-state index contributed by atoms with van der Waals surface area (Å²) in [5.41, 5.74) is 5.36. The fourth-order valence-corrected chi connectivity index (χ4v) is 2.07. The molecule has 0 aliphatic heterocycles. The van der Waals surface area contributed by atoms with Gasteiger partial charge in [-0.3, -0.25) is 10.1 Å². The summed E-state index contributed by atoms with van der Waals surface area (Å²) in [5.74, 6) is 0.167. The Kier molecular flexibility index (Phi) is 4.99. The molecule has 0 aliphatic rings. The van der Waals surface area contributed by atoms with Gasteiger partial charge >= 0.3 is 5.69 Å². The minimum absolute atomic E-state index is 0.0769. The lowest BCUT2D eigenvalue weighted by molar-refractivity contribution is -0.383. The maximum absolute atomic E-state index is 11.1. The summed E-state index contributed by atoms with van der Waals surface area (Å²) in [4.78, 5) is 22.2. The van der Waals surface area contributed by atoms with E-state index in [1.54, 1.807) is 0 Å². The summed E-state index contributed by atoms with van der Waals surface area (Å²) in [5, 5.41) is 11.1. The second-order valence-electron chi connectivity index (χ2n) is 4.59. The number of rotatable bonds is 6. The smallest absolute Gasteiger partial charge is 0.353 e.